The van der Waals surface area contributed by atoms with Crippen LogP contribution in [0.3, 0.4) is 0 Å². The fraction of sp³-hybridized carbons (Fsp3) is 0.565. The van der Waals surface area contributed by atoms with Crippen molar-refractivity contribution < 1.29 is 31.1 Å². The minimum absolute atomic E-state index is 0.0132. The van der Waals surface area contributed by atoms with Crippen molar-refractivity contribution in [2.45, 2.75) is 48.4 Å². The van der Waals surface area contributed by atoms with Crippen molar-refractivity contribution in [3.05, 3.63) is 41.6 Å². The zero-order chi connectivity index (χ0) is 25.3. The third-order valence-corrected chi connectivity index (χ3v) is 8.70. The van der Waals surface area contributed by atoms with Crippen molar-refractivity contribution in [3.63, 3.8) is 0 Å². The van der Waals surface area contributed by atoms with Crippen LogP contribution in [0.25, 0.3) is 0 Å². The molecule has 3 saturated heterocycles. The van der Waals surface area contributed by atoms with Gasteiger partial charge in [-0.15, -0.1) is 0 Å². The quantitative estimate of drug-likeness (QED) is 0.566. The van der Waals surface area contributed by atoms with Crippen LogP contribution in [0.4, 0.5) is 19.1 Å². The van der Waals surface area contributed by atoms with Crippen LogP contribution in [0.5, 0.6) is 5.88 Å². The molecule has 0 bridgehead atoms. The van der Waals surface area contributed by atoms with Gasteiger partial charge in [-0.3, -0.25) is 0 Å². The van der Waals surface area contributed by atoms with Gasteiger partial charge in [0, 0.05) is 50.8 Å². The molecule has 1 atom stereocenters. The fourth-order valence-corrected chi connectivity index (χ4v) is 5.96. The highest BCUT2D eigenvalue weighted by Crippen LogP contribution is 2.36. The Morgan fingerprint density at radius 2 is 1.83 bits per heavy atom. The molecule has 196 valence electrons. The van der Waals surface area contributed by atoms with Gasteiger partial charge in [-0.2, -0.15) is 22.5 Å². The van der Waals surface area contributed by atoms with E-state index >= 15 is 0 Å². The summed E-state index contributed by atoms with van der Waals surface area (Å²) in [6.45, 7) is 2.98. The Kier molecular flexibility index (Phi) is 7.07. The van der Waals surface area contributed by atoms with Crippen molar-refractivity contribution in [1.29, 1.82) is 0 Å². The molecule has 1 aromatic heterocycles. The summed E-state index contributed by atoms with van der Waals surface area (Å²) >= 11 is 0. The molecule has 0 radical (unpaired) electrons. The van der Waals surface area contributed by atoms with Crippen molar-refractivity contribution in [2.75, 3.05) is 44.7 Å². The highest BCUT2D eigenvalue weighted by atomic mass is 32.2. The van der Waals surface area contributed by atoms with Crippen LogP contribution >= 0.6 is 0 Å². The largest absolute Gasteiger partial charge is 0.471 e. The maximum atomic E-state index is 13.4. The number of halogens is 3. The first-order chi connectivity index (χ1) is 17.2. The van der Waals surface area contributed by atoms with Gasteiger partial charge in [-0.1, -0.05) is 12.1 Å². The molecule has 0 saturated carbocycles. The lowest BCUT2D eigenvalue weighted by molar-refractivity contribution is -0.139. The molecule has 4 heterocycles. The number of aromatic nitrogens is 2. The van der Waals surface area contributed by atoms with E-state index in [1.165, 1.54) is 4.31 Å². The number of piperidine rings is 1. The number of anilines is 1. The second-order valence-corrected chi connectivity index (χ2v) is 11.2. The number of ether oxygens (including phenoxy) is 2. The fourth-order valence-electron chi connectivity index (χ4n) is 4.49. The molecule has 2 N–H and O–H groups in total. The van der Waals surface area contributed by atoms with Crippen molar-refractivity contribution in [1.82, 2.24) is 19.6 Å². The molecule has 9 nitrogen and oxygen atoms in total. The Balaban J connectivity index is 1.21. The van der Waals surface area contributed by atoms with Crippen LogP contribution in [0.1, 0.15) is 36.3 Å². The summed E-state index contributed by atoms with van der Waals surface area (Å²) in [7, 11) is -3.63. The average Bonchev–Trinajstić information content (AvgIpc) is 3.31. The summed E-state index contributed by atoms with van der Waals surface area (Å²) < 4.78 is 78.5. The third-order valence-electron chi connectivity index (χ3n) is 6.78. The van der Waals surface area contributed by atoms with Gasteiger partial charge in [0.25, 0.3) is 0 Å². The number of benzene rings is 1. The molecule has 0 aliphatic carbocycles. The average molecular weight is 528 g/mol. The standard InChI is InChI=1S/C23H28F3N5O4S/c24-23(25,26)20-13-28-22(30-21(20)35-18-7-10-34-14-18)29-17-5-8-31(9-6-17)36(32,33)19-3-1-15(2-4-19)16-11-27-12-16/h1-4,13,16-18,27H,5-12,14H2,(H,28,29,30)/t18-/m0/s1. The summed E-state index contributed by atoms with van der Waals surface area (Å²) in [5.41, 5.74) is 0.0800. The monoisotopic (exact) mass is 527 g/mol. The van der Waals surface area contributed by atoms with Crippen LogP contribution in [-0.2, 0) is 20.9 Å². The number of hydrogen-bond donors (Lipinski definition) is 2. The lowest BCUT2D eigenvalue weighted by Gasteiger charge is -2.32. The third kappa shape index (κ3) is 5.43. The van der Waals surface area contributed by atoms with E-state index in [0.717, 1.165) is 18.7 Å². The lowest BCUT2D eigenvalue weighted by atomic mass is 9.94. The Labute approximate surface area is 207 Å². The Morgan fingerprint density at radius 3 is 2.42 bits per heavy atom. The van der Waals surface area contributed by atoms with Gasteiger partial charge < -0.3 is 20.1 Å². The van der Waals surface area contributed by atoms with E-state index in [4.69, 9.17) is 9.47 Å². The number of sulfonamides is 1. The molecule has 5 rings (SSSR count). The predicted octanol–water partition coefficient (Wildman–Crippen LogP) is 2.62. The van der Waals surface area contributed by atoms with Gasteiger partial charge in [0.1, 0.15) is 11.7 Å². The first kappa shape index (κ1) is 25.2. The number of hydrogen-bond acceptors (Lipinski definition) is 8. The molecular formula is C23H28F3N5O4S. The lowest BCUT2D eigenvalue weighted by Crippen LogP contribution is -2.42. The highest BCUT2D eigenvalue weighted by molar-refractivity contribution is 7.89. The number of nitrogens with zero attached hydrogens (tertiary/aromatic N) is 3. The molecule has 3 fully saturated rings. The molecule has 2 aromatic rings. The summed E-state index contributed by atoms with van der Waals surface area (Å²) in [6.07, 6.45) is -3.03. The van der Waals surface area contributed by atoms with Gasteiger partial charge in [-0.25, -0.2) is 13.4 Å². The zero-order valence-corrected chi connectivity index (χ0v) is 20.3. The zero-order valence-electron chi connectivity index (χ0n) is 19.5. The predicted molar refractivity (Wildman–Crippen MR) is 124 cm³/mol. The summed E-state index contributed by atoms with van der Waals surface area (Å²) in [6, 6.07) is 6.85. The van der Waals surface area contributed by atoms with Crippen molar-refractivity contribution in [2.24, 2.45) is 0 Å². The minimum atomic E-state index is -4.65. The number of alkyl halides is 3. The van der Waals surface area contributed by atoms with Gasteiger partial charge >= 0.3 is 6.18 Å². The van der Waals surface area contributed by atoms with Gasteiger partial charge in [0.15, 0.2) is 0 Å². The van der Waals surface area contributed by atoms with E-state index in [9.17, 15) is 21.6 Å². The molecule has 0 spiro atoms. The second-order valence-electron chi connectivity index (χ2n) is 9.26. The summed E-state index contributed by atoms with van der Waals surface area (Å²) in [4.78, 5) is 8.08. The van der Waals surface area contributed by atoms with E-state index in [-0.39, 0.29) is 36.6 Å². The van der Waals surface area contributed by atoms with Crippen LogP contribution in [0.2, 0.25) is 0 Å². The summed E-state index contributed by atoms with van der Waals surface area (Å²) in [5.74, 6) is -0.0932. The van der Waals surface area contributed by atoms with Crippen LogP contribution in [-0.4, -0.2) is 74.2 Å². The summed E-state index contributed by atoms with van der Waals surface area (Å²) in [5, 5.41) is 6.24. The van der Waals surface area contributed by atoms with Gasteiger partial charge in [-0.05, 0) is 30.5 Å². The van der Waals surface area contributed by atoms with E-state index in [1.54, 1.807) is 12.1 Å². The van der Waals surface area contributed by atoms with Crippen molar-refractivity contribution in [3.8, 4) is 5.88 Å². The van der Waals surface area contributed by atoms with Gasteiger partial charge in [0.05, 0.1) is 18.1 Å². The molecule has 13 heteroatoms. The Morgan fingerprint density at radius 1 is 1.11 bits per heavy atom. The first-order valence-electron chi connectivity index (χ1n) is 12.0. The van der Waals surface area contributed by atoms with Crippen LogP contribution in [0.15, 0.2) is 35.4 Å². The molecule has 1 aromatic carbocycles. The Hall–Kier alpha value is -2.48. The van der Waals surface area contributed by atoms with Crippen LogP contribution in [0, 0.1) is 0 Å². The molecular weight excluding hydrogens is 499 g/mol. The van der Waals surface area contributed by atoms with Crippen molar-refractivity contribution >= 4 is 16.0 Å². The smallest absolute Gasteiger partial charge is 0.423 e. The van der Waals surface area contributed by atoms with Gasteiger partial charge in [0.2, 0.25) is 21.9 Å². The maximum absolute atomic E-state index is 13.4. The van der Waals surface area contributed by atoms with E-state index in [2.05, 4.69) is 20.6 Å². The number of rotatable bonds is 7. The molecule has 3 aliphatic heterocycles. The highest BCUT2D eigenvalue weighted by Gasteiger charge is 2.38. The van der Waals surface area contributed by atoms with E-state index in [0.29, 0.717) is 38.0 Å². The maximum Gasteiger partial charge on any atom is 0.423 e. The van der Waals surface area contributed by atoms with E-state index in [1.807, 2.05) is 12.1 Å². The van der Waals surface area contributed by atoms with Crippen LogP contribution < -0.4 is 15.4 Å². The molecule has 0 amide bonds. The molecule has 0 unspecified atom stereocenters. The Bertz CT molecular complexity index is 1160. The molecule has 3 aliphatic rings. The van der Waals surface area contributed by atoms with E-state index < -0.39 is 33.7 Å². The first-order valence-corrected chi connectivity index (χ1v) is 13.4. The SMILES string of the molecule is O=S(=O)(c1ccc(C2CNC2)cc1)N1CCC(Nc2ncc(C(F)(F)F)c(O[C@H]3CCOC3)n2)CC1. The molecule has 36 heavy (non-hydrogen) atoms. The normalized spacial score (nSPS) is 22.4. The second kappa shape index (κ2) is 10.1. The minimum Gasteiger partial charge on any atom is -0.471 e. The topological polar surface area (TPSA) is 106 Å². The number of nitrogens with one attached hydrogen (secondary N) is 2.